The van der Waals surface area contributed by atoms with Crippen LogP contribution < -0.4 is 10.6 Å². The summed E-state index contributed by atoms with van der Waals surface area (Å²) in [6, 6.07) is 10.7. The van der Waals surface area contributed by atoms with Crippen molar-refractivity contribution in [1.29, 1.82) is 0 Å². The molecular weight excluding hydrogens is 356 g/mol. The number of rotatable bonds is 5. The van der Waals surface area contributed by atoms with E-state index >= 15 is 0 Å². The van der Waals surface area contributed by atoms with Crippen molar-refractivity contribution in [3.63, 3.8) is 0 Å². The molecule has 1 aliphatic heterocycles. The van der Waals surface area contributed by atoms with Crippen molar-refractivity contribution in [3.8, 4) is 0 Å². The number of hydrogen-bond acceptors (Lipinski definition) is 4. The topological polar surface area (TPSA) is 47.6 Å². The second-order valence-electron chi connectivity index (χ2n) is 7.54. The third-order valence-corrected chi connectivity index (χ3v) is 6.64. The number of hydrogen-bond donors (Lipinski definition) is 2. The van der Waals surface area contributed by atoms with Gasteiger partial charge in [0.25, 0.3) is 0 Å². The van der Waals surface area contributed by atoms with Crippen LogP contribution in [-0.2, 0) is 12.8 Å². The maximum atomic E-state index is 12.5. The lowest BCUT2D eigenvalue weighted by Crippen LogP contribution is -2.48. The highest BCUT2D eigenvalue weighted by Crippen LogP contribution is 2.26. The van der Waals surface area contributed by atoms with Crippen LogP contribution in [0.1, 0.15) is 28.5 Å². The lowest BCUT2D eigenvalue weighted by Gasteiger charge is -2.37. The molecular formula is C21H28N4OS. The average Bonchev–Trinajstić information content (AvgIpc) is 3.35. The van der Waals surface area contributed by atoms with Gasteiger partial charge in [0.05, 0.1) is 6.04 Å². The van der Waals surface area contributed by atoms with E-state index in [4.69, 9.17) is 0 Å². The lowest BCUT2D eigenvalue weighted by molar-refractivity contribution is 0.113. The Kier molecular flexibility index (Phi) is 5.76. The minimum Gasteiger partial charge on any atom is -0.336 e. The summed E-state index contributed by atoms with van der Waals surface area (Å²) in [6.07, 6.45) is 3.50. The van der Waals surface area contributed by atoms with Gasteiger partial charge in [-0.1, -0.05) is 12.1 Å². The SMILES string of the molecule is CN1CCN([C@H](CNC(=O)Nc2ccc3c(c2)CCC3)c2cccs2)CC1. The van der Waals surface area contributed by atoms with Crippen LogP contribution in [0, 0.1) is 0 Å². The molecule has 2 heterocycles. The summed E-state index contributed by atoms with van der Waals surface area (Å²) in [5, 5.41) is 8.22. The molecule has 6 heteroatoms. The van der Waals surface area contributed by atoms with E-state index in [1.807, 2.05) is 6.07 Å². The number of benzene rings is 1. The maximum absolute atomic E-state index is 12.5. The Balaban J connectivity index is 1.36. The molecule has 2 amide bonds. The zero-order valence-electron chi connectivity index (χ0n) is 15.9. The molecule has 1 aromatic carbocycles. The largest absolute Gasteiger partial charge is 0.336 e. The van der Waals surface area contributed by atoms with E-state index in [0.29, 0.717) is 6.54 Å². The summed E-state index contributed by atoms with van der Waals surface area (Å²) in [7, 11) is 2.17. The number of anilines is 1. The van der Waals surface area contributed by atoms with Crippen molar-refractivity contribution in [2.45, 2.75) is 25.3 Å². The molecule has 144 valence electrons. The van der Waals surface area contributed by atoms with Gasteiger partial charge in [-0.05, 0) is 61.0 Å². The molecule has 0 radical (unpaired) electrons. The maximum Gasteiger partial charge on any atom is 0.319 e. The van der Waals surface area contributed by atoms with Crippen molar-refractivity contribution in [2.75, 3.05) is 45.1 Å². The van der Waals surface area contributed by atoms with Gasteiger partial charge in [-0.25, -0.2) is 4.79 Å². The zero-order chi connectivity index (χ0) is 18.6. The van der Waals surface area contributed by atoms with Gasteiger partial charge in [0, 0.05) is 43.3 Å². The number of amides is 2. The molecule has 1 aliphatic carbocycles. The van der Waals surface area contributed by atoms with Crippen molar-refractivity contribution in [1.82, 2.24) is 15.1 Å². The second kappa shape index (κ2) is 8.42. The molecule has 1 saturated heterocycles. The number of urea groups is 1. The van der Waals surface area contributed by atoms with Crippen LogP contribution in [0.4, 0.5) is 10.5 Å². The van der Waals surface area contributed by atoms with E-state index < -0.39 is 0 Å². The number of carbonyl (C=O) groups excluding carboxylic acids is 1. The van der Waals surface area contributed by atoms with E-state index in [1.165, 1.54) is 22.4 Å². The zero-order valence-corrected chi connectivity index (χ0v) is 16.7. The standard InChI is InChI=1S/C21H28N4OS/c1-24-9-11-25(12-10-24)19(20-6-3-13-27-20)15-22-21(26)23-18-8-7-16-4-2-5-17(16)14-18/h3,6-8,13-14,19H,2,4-5,9-12,15H2,1H3,(H2,22,23,26)/t19-/m1/s1. The molecule has 1 fully saturated rings. The minimum atomic E-state index is -0.122. The number of nitrogens with one attached hydrogen (secondary N) is 2. The van der Waals surface area contributed by atoms with Gasteiger partial charge < -0.3 is 15.5 Å². The van der Waals surface area contributed by atoms with Gasteiger partial charge >= 0.3 is 6.03 Å². The third kappa shape index (κ3) is 4.51. The van der Waals surface area contributed by atoms with Gasteiger partial charge in [-0.15, -0.1) is 11.3 Å². The van der Waals surface area contributed by atoms with Crippen molar-refractivity contribution in [3.05, 3.63) is 51.7 Å². The summed E-state index contributed by atoms with van der Waals surface area (Å²) in [6.45, 7) is 4.84. The minimum absolute atomic E-state index is 0.122. The summed E-state index contributed by atoms with van der Waals surface area (Å²) in [5.41, 5.74) is 3.69. The highest BCUT2D eigenvalue weighted by atomic mass is 32.1. The smallest absolute Gasteiger partial charge is 0.319 e. The van der Waals surface area contributed by atoms with Crippen LogP contribution in [0.2, 0.25) is 0 Å². The molecule has 5 nitrogen and oxygen atoms in total. The molecule has 1 atom stereocenters. The molecule has 0 spiro atoms. The fourth-order valence-corrected chi connectivity index (χ4v) is 4.90. The molecule has 0 unspecified atom stereocenters. The number of aryl methyl sites for hydroxylation is 2. The first kappa shape index (κ1) is 18.5. The van der Waals surface area contributed by atoms with E-state index in [1.54, 1.807) is 11.3 Å². The number of carbonyl (C=O) groups is 1. The second-order valence-corrected chi connectivity index (χ2v) is 8.52. The van der Waals surface area contributed by atoms with E-state index in [-0.39, 0.29) is 12.1 Å². The van der Waals surface area contributed by atoms with Crippen LogP contribution in [0.25, 0.3) is 0 Å². The van der Waals surface area contributed by atoms with E-state index in [0.717, 1.165) is 44.7 Å². The lowest BCUT2D eigenvalue weighted by atomic mass is 10.1. The Bertz CT molecular complexity index is 768. The Morgan fingerprint density at radius 3 is 2.74 bits per heavy atom. The number of piperazine rings is 1. The Labute approximate surface area is 165 Å². The Morgan fingerprint density at radius 1 is 1.15 bits per heavy atom. The normalized spacial score (nSPS) is 18.9. The Hall–Kier alpha value is -1.89. The fraction of sp³-hybridized carbons (Fsp3) is 0.476. The first-order chi connectivity index (χ1) is 13.2. The molecule has 0 saturated carbocycles. The number of nitrogens with zero attached hydrogens (tertiary/aromatic N) is 2. The molecule has 0 bridgehead atoms. The molecule has 4 rings (SSSR count). The summed E-state index contributed by atoms with van der Waals surface area (Å²) in [5.74, 6) is 0. The summed E-state index contributed by atoms with van der Waals surface area (Å²) < 4.78 is 0. The monoisotopic (exact) mass is 384 g/mol. The van der Waals surface area contributed by atoms with Crippen molar-refractivity contribution >= 4 is 23.1 Å². The van der Waals surface area contributed by atoms with Crippen molar-refractivity contribution in [2.24, 2.45) is 0 Å². The number of thiophene rings is 1. The van der Waals surface area contributed by atoms with Gasteiger partial charge in [-0.2, -0.15) is 0 Å². The van der Waals surface area contributed by atoms with Gasteiger partial charge in [0.2, 0.25) is 0 Å². The van der Waals surface area contributed by atoms with Crippen LogP contribution in [0.15, 0.2) is 35.7 Å². The fourth-order valence-electron chi connectivity index (χ4n) is 4.04. The van der Waals surface area contributed by atoms with Crippen LogP contribution in [0.5, 0.6) is 0 Å². The van der Waals surface area contributed by atoms with E-state index in [2.05, 4.69) is 57.1 Å². The molecule has 27 heavy (non-hydrogen) atoms. The first-order valence-electron chi connectivity index (χ1n) is 9.82. The van der Waals surface area contributed by atoms with E-state index in [9.17, 15) is 4.79 Å². The summed E-state index contributed by atoms with van der Waals surface area (Å²) >= 11 is 1.77. The first-order valence-corrected chi connectivity index (χ1v) is 10.7. The molecule has 2 N–H and O–H groups in total. The van der Waals surface area contributed by atoms with Gasteiger partial charge in [-0.3, -0.25) is 4.90 Å². The number of fused-ring (bicyclic) bond motifs is 1. The van der Waals surface area contributed by atoms with Crippen LogP contribution >= 0.6 is 11.3 Å². The molecule has 2 aromatic rings. The molecule has 1 aromatic heterocycles. The van der Waals surface area contributed by atoms with Crippen LogP contribution in [-0.4, -0.2) is 55.6 Å². The molecule has 2 aliphatic rings. The van der Waals surface area contributed by atoms with Gasteiger partial charge in [0.1, 0.15) is 0 Å². The quantitative estimate of drug-likeness (QED) is 0.831. The highest BCUT2D eigenvalue weighted by molar-refractivity contribution is 7.10. The average molecular weight is 385 g/mol. The Morgan fingerprint density at radius 2 is 1.96 bits per heavy atom. The van der Waals surface area contributed by atoms with Crippen molar-refractivity contribution < 1.29 is 4.79 Å². The summed E-state index contributed by atoms with van der Waals surface area (Å²) in [4.78, 5) is 18.6. The number of likely N-dealkylation sites (N-methyl/N-ethyl adjacent to an activating group) is 1. The predicted molar refractivity (Wildman–Crippen MR) is 112 cm³/mol. The predicted octanol–water partition coefficient (Wildman–Crippen LogP) is 3.35. The van der Waals surface area contributed by atoms with Gasteiger partial charge in [0.15, 0.2) is 0 Å². The third-order valence-electron chi connectivity index (χ3n) is 5.66. The van der Waals surface area contributed by atoms with Crippen LogP contribution in [0.3, 0.4) is 0 Å². The highest BCUT2D eigenvalue weighted by Gasteiger charge is 2.25.